The molecule has 0 radical (unpaired) electrons. The molecule has 1 aromatic rings. The lowest BCUT2D eigenvalue weighted by molar-refractivity contribution is 0.0718. The molecule has 2 rings (SSSR count). The molecule has 1 aliphatic rings. The minimum atomic E-state index is -0.143. The van der Waals surface area contributed by atoms with Crippen molar-refractivity contribution in [1.82, 2.24) is 15.2 Å². The zero-order chi connectivity index (χ0) is 15.9. The summed E-state index contributed by atoms with van der Waals surface area (Å²) in [4.78, 5) is 30.5. The standard InChI is InChI=1S/C17H25N3O2/c1-13(2)6-8-19-16(21)14-7-9-18-15(12-14)17(22)20-10-4-3-5-11-20/h7,9,12-13H,3-6,8,10-11H2,1-2H3,(H,19,21). The van der Waals surface area contributed by atoms with Crippen molar-refractivity contribution in [2.24, 2.45) is 5.92 Å². The van der Waals surface area contributed by atoms with E-state index in [2.05, 4.69) is 24.1 Å². The molecule has 2 heterocycles. The van der Waals surface area contributed by atoms with E-state index in [9.17, 15) is 9.59 Å². The smallest absolute Gasteiger partial charge is 0.272 e. The Kier molecular flexibility index (Phi) is 5.92. The van der Waals surface area contributed by atoms with E-state index in [-0.39, 0.29) is 11.8 Å². The highest BCUT2D eigenvalue weighted by atomic mass is 16.2. The lowest BCUT2D eigenvalue weighted by Crippen LogP contribution is -2.36. The van der Waals surface area contributed by atoms with Crippen LogP contribution in [-0.4, -0.2) is 41.3 Å². The number of nitrogens with zero attached hydrogens (tertiary/aromatic N) is 2. The Balaban J connectivity index is 1.99. The van der Waals surface area contributed by atoms with E-state index < -0.39 is 0 Å². The number of carbonyl (C=O) groups is 2. The molecule has 5 heteroatoms. The monoisotopic (exact) mass is 303 g/mol. The van der Waals surface area contributed by atoms with Gasteiger partial charge in [0.15, 0.2) is 0 Å². The van der Waals surface area contributed by atoms with Crippen molar-refractivity contribution in [3.05, 3.63) is 29.6 Å². The van der Waals surface area contributed by atoms with Crippen molar-refractivity contribution >= 4 is 11.8 Å². The average Bonchev–Trinajstić information content (AvgIpc) is 2.54. The second kappa shape index (κ2) is 7.92. The number of carbonyl (C=O) groups excluding carboxylic acids is 2. The maximum atomic E-state index is 12.4. The van der Waals surface area contributed by atoms with Crippen LogP contribution in [-0.2, 0) is 0 Å². The molecule has 120 valence electrons. The molecule has 0 unspecified atom stereocenters. The van der Waals surface area contributed by atoms with Gasteiger partial charge in [-0.1, -0.05) is 13.8 Å². The largest absolute Gasteiger partial charge is 0.352 e. The predicted molar refractivity (Wildman–Crippen MR) is 85.8 cm³/mol. The fourth-order valence-electron chi connectivity index (χ4n) is 2.52. The van der Waals surface area contributed by atoms with Crippen LogP contribution in [0.15, 0.2) is 18.3 Å². The number of amides is 2. The molecule has 1 aliphatic heterocycles. The van der Waals surface area contributed by atoms with E-state index in [1.54, 1.807) is 12.1 Å². The summed E-state index contributed by atoms with van der Waals surface area (Å²) in [6, 6.07) is 3.25. The number of piperidine rings is 1. The maximum Gasteiger partial charge on any atom is 0.272 e. The average molecular weight is 303 g/mol. The molecule has 0 bridgehead atoms. The third-order valence-corrected chi connectivity index (χ3v) is 3.89. The van der Waals surface area contributed by atoms with Gasteiger partial charge >= 0.3 is 0 Å². The minimum Gasteiger partial charge on any atom is -0.352 e. The molecular formula is C17H25N3O2. The molecule has 1 fully saturated rings. The van der Waals surface area contributed by atoms with Crippen LogP contribution >= 0.6 is 0 Å². The summed E-state index contributed by atoms with van der Waals surface area (Å²) in [5.41, 5.74) is 0.859. The van der Waals surface area contributed by atoms with Crippen molar-refractivity contribution in [2.75, 3.05) is 19.6 Å². The maximum absolute atomic E-state index is 12.4. The molecule has 1 saturated heterocycles. The zero-order valence-corrected chi connectivity index (χ0v) is 13.5. The van der Waals surface area contributed by atoms with E-state index in [0.717, 1.165) is 32.4 Å². The van der Waals surface area contributed by atoms with Gasteiger partial charge in [0.1, 0.15) is 5.69 Å². The van der Waals surface area contributed by atoms with E-state index in [0.29, 0.717) is 23.7 Å². The molecule has 0 spiro atoms. The van der Waals surface area contributed by atoms with Crippen LogP contribution in [0.2, 0.25) is 0 Å². The fourth-order valence-corrected chi connectivity index (χ4v) is 2.52. The van der Waals surface area contributed by atoms with E-state index in [1.165, 1.54) is 12.6 Å². The molecule has 2 amide bonds. The molecule has 0 aromatic carbocycles. The summed E-state index contributed by atoms with van der Waals surface area (Å²) in [5, 5.41) is 2.88. The summed E-state index contributed by atoms with van der Waals surface area (Å²) in [7, 11) is 0. The van der Waals surface area contributed by atoms with Gasteiger partial charge in [0.2, 0.25) is 0 Å². The number of pyridine rings is 1. The summed E-state index contributed by atoms with van der Waals surface area (Å²) < 4.78 is 0. The Morgan fingerprint density at radius 3 is 2.68 bits per heavy atom. The van der Waals surface area contributed by atoms with Crippen LogP contribution in [0.1, 0.15) is 60.4 Å². The predicted octanol–water partition coefficient (Wildman–Crippen LogP) is 2.48. The number of rotatable bonds is 5. The van der Waals surface area contributed by atoms with Crippen molar-refractivity contribution in [2.45, 2.75) is 39.5 Å². The highest BCUT2D eigenvalue weighted by molar-refractivity contribution is 5.98. The molecule has 0 saturated carbocycles. The molecule has 22 heavy (non-hydrogen) atoms. The van der Waals surface area contributed by atoms with Crippen LogP contribution in [0.5, 0.6) is 0 Å². The molecule has 1 N–H and O–H groups in total. The SMILES string of the molecule is CC(C)CCNC(=O)c1ccnc(C(=O)N2CCCCC2)c1. The van der Waals surface area contributed by atoms with Crippen molar-refractivity contribution < 1.29 is 9.59 Å². The van der Waals surface area contributed by atoms with Gasteiger partial charge < -0.3 is 10.2 Å². The number of likely N-dealkylation sites (tertiary alicyclic amines) is 1. The third kappa shape index (κ3) is 4.55. The van der Waals surface area contributed by atoms with Crippen molar-refractivity contribution in [3.8, 4) is 0 Å². The molecular weight excluding hydrogens is 278 g/mol. The van der Waals surface area contributed by atoms with Crippen LogP contribution in [0.4, 0.5) is 0 Å². The highest BCUT2D eigenvalue weighted by Gasteiger charge is 2.20. The second-order valence-corrected chi connectivity index (χ2v) is 6.22. The van der Waals surface area contributed by atoms with Gasteiger partial charge in [0, 0.05) is 31.4 Å². The second-order valence-electron chi connectivity index (χ2n) is 6.22. The molecule has 1 aromatic heterocycles. The van der Waals surface area contributed by atoms with Crippen LogP contribution in [0.3, 0.4) is 0 Å². The zero-order valence-electron chi connectivity index (χ0n) is 13.5. The molecule has 0 atom stereocenters. The minimum absolute atomic E-state index is 0.0727. The normalized spacial score (nSPS) is 15.0. The Hall–Kier alpha value is -1.91. The number of hydrogen-bond acceptors (Lipinski definition) is 3. The van der Waals surface area contributed by atoms with Gasteiger partial charge in [-0.2, -0.15) is 0 Å². The van der Waals surface area contributed by atoms with E-state index in [1.807, 2.05) is 4.90 Å². The van der Waals surface area contributed by atoms with E-state index in [4.69, 9.17) is 0 Å². The highest BCUT2D eigenvalue weighted by Crippen LogP contribution is 2.13. The van der Waals surface area contributed by atoms with Gasteiger partial charge in [-0.05, 0) is 43.7 Å². The van der Waals surface area contributed by atoms with Gasteiger partial charge in [-0.15, -0.1) is 0 Å². The van der Waals surface area contributed by atoms with Crippen LogP contribution in [0.25, 0.3) is 0 Å². The summed E-state index contributed by atoms with van der Waals surface area (Å²) >= 11 is 0. The quantitative estimate of drug-likeness (QED) is 0.909. The Morgan fingerprint density at radius 2 is 2.00 bits per heavy atom. The first kappa shape index (κ1) is 16.5. The summed E-state index contributed by atoms with van der Waals surface area (Å²) in [6.07, 6.45) is 5.74. The fraction of sp³-hybridized carbons (Fsp3) is 0.588. The van der Waals surface area contributed by atoms with Gasteiger partial charge in [-0.25, -0.2) is 0 Å². The summed E-state index contributed by atoms with van der Waals surface area (Å²) in [5.74, 6) is 0.334. The van der Waals surface area contributed by atoms with Crippen LogP contribution in [0, 0.1) is 5.92 Å². The van der Waals surface area contributed by atoms with Crippen LogP contribution < -0.4 is 5.32 Å². The van der Waals surface area contributed by atoms with Gasteiger partial charge in [-0.3, -0.25) is 14.6 Å². The number of nitrogens with one attached hydrogen (secondary N) is 1. The van der Waals surface area contributed by atoms with Crippen molar-refractivity contribution in [1.29, 1.82) is 0 Å². The van der Waals surface area contributed by atoms with Gasteiger partial charge in [0.05, 0.1) is 0 Å². The first-order chi connectivity index (χ1) is 10.6. The summed E-state index contributed by atoms with van der Waals surface area (Å²) in [6.45, 7) is 6.45. The Bertz CT molecular complexity index is 522. The third-order valence-electron chi connectivity index (χ3n) is 3.89. The topological polar surface area (TPSA) is 62.3 Å². The van der Waals surface area contributed by atoms with E-state index >= 15 is 0 Å². The Labute approximate surface area is 132 Å². The first-order valence-electron chi connectivity index (χ1n) is 8.11. The lowest BCUT2D eigenvalue weighted by Gasteiger charge is -2.26. The van der Waals surface area contributed by atoms with Crippen molar-refractivity contribution in [3.63, 3.8) is 0 Å². The van der Waals surface area contributed by atoms with Gasteiger partial charge in [0.25, 0.3) is 11.8 Å². The first-order valence-corrected chi connectivity index (χ1v) is 8.11. The Morgan fingerprint density at radius 1 is 1.27 bits per heavy atom. The number of aromatic nitrogens is 1. The molecule has 0 aliphatic carbocycles. The number of hydrogen-bond donors (Lipinski definition) is 1. The molecule has 5 nitrogen and oxygen atoms in total. The lowest BCUT2D eigenvalue weighted by atomic mass is 10.1.